The van der Waals surface area contributed by atoms with E-state index in [0.29, 0.717) is 25.1 Å². The number of nitrogens with zero attached hydrogens (tertiary/aromatic N) is 4. The van der Waals surface area contributed by atoms with Crippen molar-refractivity contribution in [2.75, 3.05) is 6.54 Å². The van der Waals surface area contributed by atoms with Crippen LogP contribution in [0.25, 0.3) is 0 Å². The van der Waals surface area contributed by atoms with Crippen molar-refractivity contribution in [3.63, 3.8) is 0 Å². The number of hydrogen-bond acceptors (Lipinski definition) is 5. The summed E-state index contributed by atoms with van der Waals surface area (Å²) in [5.41, 5.74) is 0.812. The van der Waals surface area contributed by atoms with Gasteiger partial charge in [0.2, 0.25) is 0 Å². The Hall–Kier alpha value is -1.88. The molecule has 1 aliphatic carbocycles. The molecule has 2 aromatic rings. The zero-order chi connectivity index (χ0) is 22.2. The summed E-state index contributed by atoms with van der Waals surface area (Å²) >= 11 is 0. The number of nitrogens with one attached hydrogen (secondary N) is 2. The smallest absolute Gasteiger partial charge is 0.192 e. The maximum Gasteiger partial charge on any atom is 0.192 e. The molecule has 8 nitrogen and oxygen atoms in total. The number of benzene rings is 1. The summed E-state index contributed by atoms with van der Waals surface area (Å²) in [6.45, 7) is 6.67. The van der Waals surface area contributed by atoms with Gasteiger partial charge < -0.3 is 25.0 Å². The summed E-state index contributed by atoms with van der Waals surface area (Å²) in [5, 5.41) is 25.9. The molecule has 1 aromatic heterocycles. The second kappa shape index (κ2) is 13.0. The van der Waals surface area contributed by atoms with Gasteiger partial charge in [0, 0.05) is 19.6 Å². The summed E-state index contributed by atoms with van der Waals surface area (Å²) in [4.78, 5) is 4.72. The van der Waals surface area contributed by atoms with Crippen molar-refractivity contribution < 1.29 is 9.84 Å². The lowest BCUT2D eigenvalue weighted by Gasteiger charge is -2.25. The van der Waals surface area contributed by atoms with Gasteiger partial charge in [-0.15, -0.1) is 34.2 Å². The van der Waals surface area contributed by atoms with Crippen LogP contribution in [0.2, 0.25) is 0 Å². The van der Waals surface area contributed by atoms with Crippen molar-refractivity contribution >= 4 is 29.9 Å². The highest BCUT2D eigenvalue weighted by atomic mass is 127. The molecule has 0 radical (unpaired) electrons. The van der Waals surface area contributed by atoms with E-state index < -0.39 is 6.10 Å². The van der Waals surface area contributed by atoms with E-state index in [1.165, 1.54) is 19.3 Å². The van der Waals surface area contributed by atoms with Crippen molar-refractivity contribution in [1.29, 1.82) is 0 Å². The number of halogens is 1. The number of aromatic nitrogens is 3. The Bertz CT molecular complexity index is 864. The average Bonchev–Trinajstić information content (AvgIpc) is 3.08. The molecule has 0 bridgehead atoms. The minimum absolute atomic E-state index is 0. The topological polar surface area (TPSA) is 96.6 Å². The Kier molecular flexibility index (Phi) is 10.7. The Morgan fingerprint density at radius 3 is 2.66 bits per heavy atom. The fourth-order valence-electron chi connectivity index (χ4n) is 3.71. The first-order valence-corrected chi connectivity index (χ1v) is 11.3. The monoisotopic (exact) mass is 556 g/mol. The van der Waals surface area contributed by atoms with Gasteiger partial charge in [0.25, 0.3) is 0 Å². The van der Waals surface area contributed by atoms with E-state index in [-0.39, 0.29) is 30.1 Å². The quantitative estimate of drug-likeness (QED) is 0.261. The lowest BCUT2D eigenvalue weighted by atomic mass is 9.96. The van der Waals surface area contributed by atoms with Crippen molar-refractivity contribution in [2.45, 2.75) is 77.7 Å². The largest absolute Gasteiger partial charge is 0.491 e. The Morgan fingerprint density at radius 2 is 2.00 bits per heavy atom. The summed E-state index contributed by atoms with van der Waals surface area (Å²) in [6, 6.07) is 8.01. The number of rotatable bonds is 8. The number of ether oxygens (including phenoxy) is 1. The van der Waals surface area contributed by atoms with Gasteiger partial charge in [-0.3, -0.25) is 0 Å². The summed E-state index contributed by atoms with van der Waals surface area (Å²) in [5.74, 6) is 3.12. The molecular formula is C23H37IN6O2. The van der Waals surface area contributed by atoms with Crippen LogP contribution in [0.3, 0.4) is 0 Å². The summed E-state index contributed by atoms with van der Waals surface area (Å²) < 4.78 is 7.69. The first-order chi connectivity index (χ1) is 14.9. The van der Waals surface area contributed by atoms with Crippen LogP contribution in [0, 0.1) is 6.92 Å². The predicted molar refractivity (Wildman–Crippen MR) is 137 cm³/mol. The molecule has 1 saturated carbocycles. The normalized spacial score (nSPS) is 15.9. The maximum atomic E-state index is 10.7. The van der Waals surface area contributed by atoms with Crippen molar-refractivity contribution in [3.05, 3.63) is 41.5 Å². The molecule has 0 aliphatic heterocycles. The minimum atomic E-state index is -0.675. The number of aryl methyl sites for hydroxylation is 1. The SMILES string of the molecule is Cc1nnc(CN=C(NCC(O)c2cccc(OC(C)C)c2)NC2CCCCC2)n1C.I. The van der Waals surface area contributed by atoms with Crippen LogP contribution in [0.4, 0.5) is 0 Å². The highest BCUT2D eigenvalue weighted by Crippen LogP contribution is 2.20. The van der Waals surface area contributed by atoms with E-state index in [9.17, 15) is 5.11 Å². The summed E-state index contributed by atoms with van der Waals surface area (Å²) in [6.07, 6.45) is 5.46. The average molecular weight is 556 g/mol. The fraction of sp³-hybridized carbons (Fsp3) is 0.609. The van der Waals surface area contributed by atoms with Gasteiger partial charge >= 0.3 is 0 Å². The highest BCUT2D eigenvalue weighted by molar-refractivity contribution is 14.0. The van der Waals surface area contributed by atoms with E-state index in [1.807, 2.05) is 56.7 Å². The zero-order valence-electron chi connectivity index (χ0n) is 19.5. The third-order valence-electron chi connectivity index (χ3n) is 5.58. The summed E-state index contributed by atoms with van der Waals surface area (Å²) in [7, 11) is 1.94. The molecule has 1 fully saturated rings. The van der Waals surface area contributed by atoms with Crippen LogP contribution in [0.5, 0.6) is 5.75 Å². The van der Waals surface area contributed by atoms with E-state index >= 15 is 0 Å². The third kappa shape index (κ3) is 7.91. The van der Waals surface area contributed by atoms with Gasteiger partial charge in [-0.25, -0.2) is 4.99 Å². The Balaban J connectivity index is 0.00000363. The first kappa shape index (κ1) is 26.4. The molecule has 3 rings (SSSR count). The molecule has 1 aromatic carbocycles. The van der Waals surface area contributed by atoms with E-state index in [2.05, 4.69) is 20.8 Å². The van der Waals surface area contributed by atoms with Gasteiger partial charge in [0.1, 0.15) is 18.1 Å². The van der Waals surface area contributed by atoms with Gasteiger partial charge in [0.15, 0.2) is 11.8 Å². The lowest BCUT2D eigenvalue weighted by molar-refractivity contribution is 0.179. The van der Waals surface area contributed by atoms with Crippen LogP contribution >= 0.6 is 24.0 Å². The van der Waals surface area contributed by atoms with Crippen LogP contribution in [0.15, 0.2) is 29.3 Å². The van der Waals surface area contributed by atoms with Crippen LogP contribution in [-0.4, -0.2) is 44.5 Å². The fourth-order valence-corrected chi connectivity index (χ4v) is 3.71. The number of aliphatic imine (C=N–C) groups is 1. The Morgan fingerprint density at radius 1 is 1.25 bits per heavy atom. The first-order valence-electron chi connectivity index (χ1n) is 11.3. The second-order valence-corrected chi connectivity index (χ2v) is 8.50. The van der Waals surface area contributed by atoms with Crippen LogP contribution in [0.1, 0.15) is 69.3 Å². The molecule has 9 heteroatoms. The Labute approximate surface area is 208 Å². The molecule has 0 spiro atoms. The van der Waals surface area contributed by atoms with E-state index in [1.54, 1.807) is 0 Å². The van der Waals surface area contributed by atoms with Crippen molar-refractivity contribution in [1.82, 2.24) is 25.4 Å². The molecule has 3 N–H and O–H groups in total. The number of hydrogen-bond donors (Lipinski definition) is 3. The molecule has 0 amide bonds. The highest BCUT2D eigenvalue weighted by Gasteiger charge is 2.16. The molecule has 32 heavy (non-hydrogen) atoms. The van der Waals surface area contributed by atoms with Gasteiger partial charge in [-0.05, 0) is 51.3 Å². The third-order valence-corrected chi connectivity index (χ3v) is 5.58. The van der Waals surface area contributed by atoms with E-state index in [0.717, 1.165) is 35.8 Å². The molecular weight excluding hydrogens is 519 g/mol. The van der Waals surface area contributed by atoms with Gasteiger partial charge in [0.05, 0.1) is 12.2 Å². The van der Waals surface area contributed by atoms with Crippen LogP contribution in [-0.2, 0) is 13.6 Å². The second-order valence-electron chi connectivity index (χ2n) is 8.50. The molecule has 1 atom stereocenters. The number of aliphatic hydroxyl groups is 1. The van der Waals surface area contributed by atoms with Crippen LogP contribution < -0.4 is 15.4 Å². The standard InChI is InChI=1S/C23H36N6O2.HI/c1-16(2)31-20-12-8-9-18(13-20)21(30)14-24-23(26-19-10-6-5-7-11-19)25-15-22-28-27-17(3)29(22)4;/h8-9,12-13,16,19,21,30H,5-7,10-11,14-15H2,1-4H3,(H2,24,25,26);1H. The lowest BCUT2D eigenvalue weighted by Crippen LogP contribution is -2.45. The number of guanidine groups is 1. The van der Waals surface area contributed by atoms with E-state index in [4.69, 9.17) is 9.73 Å². The minimum Gasteiger partial charge on any atom is -0.491 e. The van der Waals surface area contributed by atoms with Crippen molar-refractivity contribution in [2.24, 2.45) is 12.0 Å². The number of aliphatic hydroxyl groups excluding tert-OH is 1. The maximum absolute atomic E-state index is 10.7. The van der Waals surface area contributed by atoms with Gasteiger partial charge in [-0.1, -0.05) is 31.4 Å². The predicted octanol–water partition coefficient (Wildman–Crippen LogP) is 3.63. The molecule has 0 saturated heterocycles. The van der Waals surface area contributed by atoms with Gasteiger partial charge in [-0.2, -0.15) is 0 Å². The van der Waals surface area contributed by atoms with Crippen molar-refractivity contribution in [3.8, 4) is 5.75 Å². The molecule has 1 aliphatic rings. The molecule has 1 unspecified atom stereocenters. The molecule has 178 valence electrons. The zero-order valence-corrected chi connectivity index (χ0v) is 21.9. The molecule has 1 heterocycles.